The van der Waals surface area contributed by atoms with Crippen LogP contribution in [0, 0.1) is 0 Å². The molecule has 1 atom stereocenters. The maximum absolute atomic E-state index is 12.7. The van der Waals surface area contributed by atoms with Crippen molar-refractivity contribution in [2.24, 2.45) is 0 Å². The van der Waals surface area contributed by atoms with E-state index in [1.54, 1.807) is 13.8 Å². The highest BCUT2D eigenvalue weighted by Gasteiger charge is 2.31. The fourth-order valence-corrected chi connectivity index (χ4v) is 2.51. The second-order valence-corrected chi connectivity index (χ2v) is 6.13. The zero-order valence-corrected chi connectivity index (χ0v) is 15.8. The van der Waals surface area contributed by atoms with Crippen molar-refractivity contribution < 1.29 is 32.2 Å². The van der Waals surface area contributed by atoms with Gasteiger partial charge in [0.1, 0.15) is 11.5 Å². The molecule has 0 aromatic heterocycles. The van der Waals surface area contributed by atoms with Gasteiger partial charge in [0.05, 0.1) is 21.2 Å². The highest BCUT2D eigenvalue weighted by atomic mass is 35.5. The molecule has 2 rings (SSSR count). The number of ether oxygens (including phenoxy) is 3. The summed E-state index contributed by atoms with van der Waals surface area (Å²) in [7, 11) is 0. The van der Waals surface area contributed by atoms with Crippen LogP contribution < -0.4 is 4.74 Å². The monoisotopic (exact) mass is 422 g/mol. The molecule has 0 aliphatic heterocycles. The summed E-state index contributed by atoms with van der Waals surface area (Å²) in [6.07, 6.45) is -5.29. The van der Waals surface area contributed by atoms with E-state index >= 15 is 0 Å². The number of carbonyl (C=O) groups excluding carboxylic acids is 1. The maximum Gasteiger partial charge on any atom is 0.416 e. The van der Waals surface area contributed by atoms with Crippen LogP contribution in [-0.4, -0.2) is 18.9 Å². The van der Waals surface area contributed by atoms with Gasteiger partial charge in [-0.1, -0.05) is 23.2 Å². The molecule has 1 unspecified atom stereocenters. The first-order valence-electron chi connectivity index (χ1n) is 7.78. The first-order valence-corrected chi connectivity index (χ1v) is 8.54. The van der Waals surface area contributed by atoms with E-state index < -0.39 is 24.0 Å². The lowest BCUT2D eigenvalue weighted by Gasteiger charge is -2.15. The summed E-state index contributed by atoms with van der Waals surface area (Å²) in [5, 5.41) is -0.108. The van der Waals surface area contributed by atoms with Gasteiger partial charge in [0.25, 0.3) is 0 Å². The predicted molar refractivity (Wildman–Crippen MR) is 94.5 cm³/mol. The highest BCUT2D eigenvalue weighted by molar-refractivity contribution is 6.33. The van der Waals surface area contributed by atoms with E-state index in [2.05, 4.69) is 0 Å². The van der Waals surface area contributed by atoms with Crippen LogP contribution in [0.5, 0.6) is 11.5 Å². The number of rotatable bonds is 6. The number of benzene rings is 2. The van der Waals surface area contributed by atoms with Crippen molar-refractivity contribution in [3.63, 3.8) is 0 Å². The van der Waals surface area contributed by atoms with Crippen LogP contribution in [0.4, 0.5) is 13.2 Å². The minimum atomic E-state index is -4.52. The standard InChI is InChI=1S/C18H15Cl2F3O4/c1-3-25-10(2)26-17(24)13-9-12(5-6-14(13)19)27-16-7-4-11(8-15(16)20)18(21,22)23/h4-10H,3H2,1-2H3. The summed E-state index contributed by atoms with van der Waals surface area (Å²) >= 11 is 11.9. The Balaban J connectivity index is 2.22. The molecule has 0 bridgehead atoms. The van der Waals surface area contributed by atoms with Gasteiger partial charge >= 0.3 is 12.1 Å². The third-order valence-electron chi connectivity index (χ3n) is 3.32. The topological polar surface area (TPSA) is 44.8 Å². The number of carbonyl (C=O) groups is 1. The van der Waals surface area contributed by atoms with Crippen molar-refractivity contribution in [3.8, 4) is 11.5 Å². The maximum atomic E-state index is 12.7. The second kappa shape index (κ2) is 8.82. The zero-order chi connectivity index (χ0) is 20.2. The lowest BCUT2D eigenvalue weighted by atomic mass is 10.2. The molecule has 0 saturated carbocycles. The quantitative estimate of drug-likeness (QED) is 0.402. The van der Waals surface area contributed by atoms with Crippen molar-refractivity contribution >= 4 is 29.2 Å². The Morgan fingerprint density at radius 1 is 1.11 bits per heavy atom. The van der Waals surface area contributed by atoms with Crippen molar-refractivity contribution in [1.29, 1.82) is 0 Å². The average Bonchev–Trinajstić information content (AvgIpc) is 2.57. The highest BCUT2D eigenvalue weighted by Crippen LogP contribution is 2.37. The number of hydrogen-bond acceptors (Lipinski definition) is 4. The van der Waals surface area contributed by atoms with E-state index in [0.29, 0.717) is 6.61 Å². The van der Waals surface area contributed by atoms with Crippen molar-refractivity contribution in [1.82, 2.24) is 0 Å². The summed E-state index contributed by atoms with van der Waals surface area (Å²) in [4.78, 5) is 12.2. The van der Waals surface area contributed by atoms with E-state index in [4.69, 9.17) is 37.4 Å². The molecule has 9 heteroatoms. The SMILES string of the molecule is CCOC(C)OC(=O)c1cc(Oc2ccc(C(F)(F)F)cc2Cl)ccc1Cl. The summed E-state index contributed by atoms with van der Waals surface area (Å²) < 4.78 is 53.8. The van der Waals surface area contributed by atoms with Crippen LogP contribution in [0.15, 0.2) is 36.4 Å². The number of esters is 1. The van der Waals surface area contributed by atoms with Crippen LogP contribution in [0.2, 0.25) is 10.0 Å². The molecular weight excluding hydrogens is 408 g/mol. The van der Waals surface area contributed by atoms with Crippen LogP contribution >= 0.6 is 23.2 Å². The fourth-order valence-electron chi connectivity index (χ4n) is 2.09. The number of hydrogen-bond donors (Lipinski definition) is 0. The lowest BCUT2D eigenvalue weighted by Crippen LogP contribution is -2.18. The Labute approximate surface area is 163 Å². The Morgan fingerprint density at radius 2 is 1.81 bits per heavy atom. The van der Waals surface area contributed by atoms with Crippen LogP contribution in [0.25, 0.3) is 0 Å². The molecule has 0 aliphatic rings. The minimum Gasteiger partial charge on any atom is -0.456 e. The molecule has 0 saturated heterocycles. The lowest BCUT2D eigenvalue weighted by molar-refractivity contribution is -0.137. The van der Waals surface area contributed by atoms with Crippen LogP contribution in [0.1, 0.15) is 29.8 Å². The normalized spacial score (nSPS) is 12.6. The van der Waals surface area contributed by atoms with Gasteiger partial charge in [0.15, 0.2) is 6.29 Å². The average molecular weight is 423 g/mol. The number of halogens is 5. The first kappa shape index (κ1) is 21.3. The van der Waals surface area contributed by atoms with Gasteiger partial charge in [-0.05, 0) is 50.2 Å². The van der Waals surface area contributed by atoms with Crippen molar-refractivity contribution in [2.45, 2.75) is 26.3 Å². The summed E-state index contributed by atoms with van der Waals surface area (Å²) in [5.74, 6) is -0.587. The molecule has 2 aromatic rings. The Hall–Kier alpha value is -1.96. The smallest absolute Gasteiger partial charge is 0.416 e. The number of alkyl halides is 3. The van der Waals surface area contributed by atoms with E-state index in [1.807, 2.05) is 0 Å². The molecule has 0 fully saturated rings. The molecule has 4 nitrogen and oxygen atoms in total. The first-order chi connectivity index (χ1) is 12.6. The predicted octanol–water partition coefficient (Wildman–Crippen LogP) is 6.34. The molecule has 146 valence electrons. The third-order valence-corrected chi connectivity index (χ3v) is 3.94. The summed E-state index contributed by atoms with van der Waals surface area (Å²) in [6.45, 7) is 3.66. The van der Waals surface area contributed by atoms with Gasteiger partial charge < -0.3 is 14.2 Å². The van der Waals surface area contributed by atoms with Crippen LogP contribution in [-0.2, 0) is 15.7 Å². The Morgan fingerprint density at radius 3 is 2.41 bits per heavy atom. The molecule has 2 aromatic carbocycles. The summed E-state index contributed by atoms with van der Waals surface area (Å²) in [5.41, 5.74) is -0.881. The van der Waals surface area contributed by atoms with E-state index in [1.165, 1.54) is 18.2 Å². The van der Waals surface area contributed by atoms with Gasteiger partial charge in [-0.3, -0.25) is 0 Å². The van der Waals surface area contributed by atoms with Crippen molar-refractivity contribution in [3.05, 3.63) is 57.6 Å². The van der Waals surface area contributed by atoms with E-state index in [9.17, 15) is 18.0 Å². The van der Waals surface area contributed by atoms with E-state index in [0.717, 1.165) is 18.2 Å². The third kappa shape index (κ3) is 5.76. The minimum absolute atomic E-state index is 0.00556. The molecule has 0 radical (unpaired) electrons. The van der Waals surface area contributed by atoms with Crippen molar-refractivity contribution in [2.75, 3.05) is 6.61 Å². The van der Waals surface area contributed by atoms with Gasteiger partial charge in [0, 0.05) is 6.61 Å². The zero-order valence-electron chi connectivity index (χ0n) is 14.3. The van der Waals surface area contributed by atoms with E-state index in [-0.39, 0.29) is 27.1 Å². The van der Waals surface area contributed by atoms with Gasteiger partial charge in [-0.25, -0.2) is 4.79 Å². The molecule has 0 spiro atoms. The molecule has 0 aliphatic carbocycles. The molecule has 27 heavy (non-hydrogen) atoms. The molecule has 0 heterocycles. The largest absolute Gasteiger partial charge is 0.456 e. The Bertz CT molecular complexity index is 825. The molecular formula is C18H15Cl2F3O4. The Kier molecular flexibility index (Phi) is 6.97. The van der Waals surface area contributed by atoms with Gasteiger partial charge in [-0.15, -0.1) is 0 Å². The van der Waals surface area contributed by atoms with Crippen LogP contribution in [0.3, 0.4) is 0 Å². The van der Waals surface area contributed by atoms with Gasteiger partial charge in [0.2, 0.25) is 0 Å². The van der Waals surface area contributed by atoms with Gasteiger partial charge in [-0.2, -0.15) is 13.2 Å². The molecule has 0 N–H and O–H groups in total. The second-order valence-electron chi connectivity index (χ2n) is 5.31. The fraction of sp³-hybridized carbons (Fsp3) is 0.278. The molecule has 0 amide bonds. The summed E-state index contributed by atoms with van der Waals surface area (Å²) in [6, 6.07) is 6.84.